The minimum absolute atomic E-state index is 0.392. The molecule has 0 radical (unpaired) electrons. The third-order valence-electron chi connectivity index (χ3n) is 4.10. The van der Waals surface area contributed by atoms with Crippen LogP contribution in [-0.4, -0.2) is 12.2 Å². The van der Waals surface area contributed by atoms with Gasteiger partial charge in [0.15, 0.2) is 0 Å². The number of hydrogen-bond acceptors (Lipinski definition) is 2. The molecule has 1 N–H and O–H groups in total. The molecule has 122 valence electrons. The number of aliphatic hydroxyl groups is 1. The second-order valence-corrected chi connectivity index (χ2v) is 6.44. The number of benzene rings is 2. The van der Waals surface area contributed by atoms with Crippen LogP contribution < -0.4 is 4.74 Å². The van der Waals surface area contributed by atoms with Crippen LogP contribution in [0.1, 0.15) is 56.2 Å². The number of ether oxygens (including phenoxy) is 1. The smallest absolute Gasteiger partial charge is 0.130 e. The van der Waals surface area contributed by atoms with Gasteiger partial charge < -0.3 is 9.84 Å². The Hall–Kier alpha value is -2.22. The Balaban J connectivity index is 2.71. The molecule has 2 aromatic carbocycles. The van der Waals surface area contributed by atoms with Crippen molar-refractivity contribution in [3.05, 3.63) is 59.4 Å². The van der Waals surface area contributed by atoms with Gasteiger partial charge in [-0.15, -0.1) is 0 Å². The van der Waals surface area contributed by atoms with Gasteiger partial charge in [-0.3, -0.25) is 0 Å². The Bertz CT molecular complexity index is 697. The van der Waals surface area contributed by atoms with Crippen molar-refractivity contribution in [3.8, 4) is 16.9 Å². The average Bonchev–Trinajstić information content (AvgIpc) is 2.53. The lowest BCUT2D eigenvalue weighted by molar-refractivity contribution is 0.409. The van der Waals surface area contributed by atoms with Crippen molar-refractivity contribution in [2.75, 3.05) is 7.11 Å². The van der Waals surface area contributed by atoms with Crippen LogP contribution in [0.4, 0.5) is 0 Å². The maximum atomic E-state index is 9.01. The molecule has 2 heteroatoms. The normalized spacial score (nSPS) is 11.6. The monoisotopic (exact) mass is 310 g/mol. The summed E-state index contributed by atoms with van der Waals surface area (Å²) in [5.41, 5.74) is 5.72. The summed E-state index contributed by atoms with van der Waals surface area (Å²) in [6.45, 7) is 8.80. The molecule has 2 rings (SSSR count). The third kappa shape index (κ3) is 3.76. The quantitative estimate of drug-likeness (QED) is 0.672. The van der Waals surface area contributed by atoms with E-state index in [2.05, 4.69) is 52.0 Å². The van der Waals surface area contributed by atoms with Crippen LogP contribution in [-0.2, 0) is 0 Å². The molecule has 0 aliphatic heterocycles. The molecule has 0 aliphatic carbocycles. The topological polar surface area (TPSA) is 29.5 Å². The molecule has 0 saturated heterocycles. The summed E-state index contributed by atoms with van der Waals surface area (Å²) in [4.78, 5) is 0. The summed E-state index contributed by atoms with van der Waals surface area (Å²) in [7, 11) is 1.73. The third-order valence-corrected chi connectivity index (χ3v) is 4.10. The molecule has 0 spiro atoms. The molecule has 0 saturated carbocycles. The van der Waals surface area contributed by atoms with Gasteiger partial charge in [-0.2, -0.15) is 0 Å². The van der Waals surface area contributed by atoms with Gasteiger partial charge in [0, 0.05) is 5.56 Å². The molecule has 23 heavy (non-hydrogen) atoms. The average molecular weight is 310 g/mol. The van der Waals surface area contributed by atoms with Crippen molar-refractivity contribution < 1.29 is 9.84 Å². The van der Waals surface area contributed by atoms with Gasteiger partial charge in [0.05, 0.1) is 13.4 Å². The molecule has 0 aliphatic rings. The van der Waals surface area contributed by atoms with E-state index < -0.39 is 0 Å². The van der Waals surface area contributed by atoms with Crippen LogP contribution >= 0.6 is 0 Å². The van der Waals surface area contributed by atoms with Crippen LogP contribution in [0.25, 0.3) is 17.2 Å². The van der Waals surface area contributed by atoms with Crippen LogP contribution in [0.5, 0.6) is 5.75 Å². The van der Waals surface area contributed by atoms with Gasteiger partial charge in [-0.1, -0.05) is 52.0 Å². The fourth-order valence-corrected chi connectivity index (χ4v) is 2.77. The van der Waals surface area contributed by atoms with Gasteiger partial charge in [0.25, 0.3) is 0 Å². The highest BCUT2D eigenvalue weighted by Crippen LogP contribution is 2.39. The van der Waals surface area contributed by atoms with Gasteiger partial charge in [-0.05, 0) is 52.3 Å². The summed E-state index contributed by atoms with van der Waals surface area (Å²) in [5, 5.41) is 9.01. The summed E-state index contributed by atoms with van der Waals surface area (Å²) in [6, 6.07) is 12.6. The Morgan fingerprint density at radius 1 is 1.00 bits per heavy atom. The zero-order valence-electron chi connectivity index (χ0n) is 14.6. The molecule has 0 atom stereocenters. The Morgan fingerprint density at radius 3 is 2.30 bits per heavy atom. The van der Waals surface area contributed by atoms with E-state index in [-0.39, 0.29) is 0 Å². The molecule has 2 nitrogen and oxygen atoms in total. The molecule has 0 bridgehead atoms. The van der Waals surface area contributed by atoms with Crippen molar-refractivity contribution in [1.82, 2.24) is 0 Å². The predicted octanol–water partition coefficient (Wildman–Crippen LogP) is 6.14. The fraction of sp³-hybridized carbons (Fsp3) is 0.333. The molecular weight excluding hydrogens is 284 g/mol. The molecule has 0 fully saturated rings. The number of methoxy groups -OCH3 is 1. The van der Waals surface area contributed by atoms with Gasteiger partial charge in [0.2, 0.25) is 0 Å². The SMILES string of the molecule is COc1c(-c2cccc(/C=C\O)c2)cc(C(C)C)cc1C(C)C. The minimum Gasteiger partial charge on any atom is -0.516 e. The fourth-order valence-electron chi connectivity index (χ4n) is 2.77. The second kappa shape index (κ2) is 7.36. The van der Waals surface area contributed by atoms with E-state index in [9.17, 15) is 0 Å². The van der Waals surface area contributed by atoms with E-state index in [0.717, 1.165) is 28.7 Å². The van der Waals surface area contributed by atoms with Gasteiger partial charge >= 0.3 is 0 Å². The molecule has 2 aromatic rings. The van der Waals surface area contributed by atoms with E-state index in [1.165, 1.54) is 11.1 Å². The van der Waals surface area contributed by atoms with Crippen LogP contribution in [0, 0.1) is 0 Å². The Kier molecular flexibility index (Phi) is 5.49. The van der Waals surface area contributed by atoms with Crippen molar-refractivity contribution in [2.24, 2.45) is 0 Å². The Morgan fingerprint density at radius 2 is 1.74 bits per heavy atom. The molecule has 0 amide bonds. The van der Waals surface area contributed by atoms with Crippen LogP contribution in [0.15, 0.2) is 42.7 Å². The number of hydrogen-bond donors (Lipinski definition) is 1. The van der Waals surface area contributed by atoms with Crippen molar-refractivity contribution in [3.63, 3.8) is 0 Å². The van der Waals surface area contributed by atoms with Crippen molar-refractivity contribution in [1.29, 1.82) is 0 Å². The minimum atomic E-state index is 0.392. The van der Waals surface area contributed by atoms with Crippen molar-refractivity contribution >= 4 is 6.08 Å². The first-order valence-electron chi connectivity index (χ1n) is 8.11. The largest absolute Gasteiger partial charge is 0.516 e. The first-order valence-corrected chi connectivity index (χ1v) is 8.11. The van der Waals surface area contributed by atoms with Crippen molar-refractivity contribution in [2.45, 2.75) is 39.5 Å². The van der Waals surface area contributed by atoms with Crippen LogP contribution in [0.3, 0.4) is 0 Å². The zero-order valence-corrected chi connectivity index (χ0v) is 14.6. The lowest BCUT2D eigenvalue weighted by atomic mass is 9.89. The standard InChI is InChI=1S/C21H26O2/c1-14(2)18-12-19(15(3)4)21(23-5)20(13-18)17-8-6-7-16(11-17)9-10-22/h6-15,22H,1-5H3/b10-9-. The summed E-state index contributed by atoms with van der Waals surface area (Å²) in [6.07, 6.45) is 2.76. The molecule has 0 aromatic heterocycles. The van der Waals surface area contributed by atoms with E-state index >= 15 is 0 Å². The van der Waals surface area contributed by atoms with Crippen LogP contribution in [0.2, 0.25) is 0 Å². The maximum Gasteiger partial charge on any atom is 0.130 e. The summed E-state index contributed by atoms with van der Waals surface area (Å²) < 4.78 is 5.76. The van der Waals surface area contributed by atoms with E-state index in [0.29, 0.717) is 11.8 Å². The summed E-state index contributed by atoms with van der Waals surface area (Å²) in [5.74, 6) is 1.79. The lowest BCUT2D eigenvalue weighted by Crippen LogP contribution is -2.00. The highest BCUT2D eigenvalue weighted by atomic mass is 16.5. The predicted molar refractivity (Wildman–Crippen MR) is 98.3 cm³/mol. The first-order chi connectivity index (χ1) is 11.0. The van der Waals surface area contributed by atoms with Gasteiger partial charge in [-0.25, -0.2) is 0 Å². The number of rotatable bonds is 5. The van der Waals surface area contributed by atoms with E-state index in [4.69, 9.17) is 9.84 Å². The lowest BCUT2D eigenvalue weighted by Gasteiger charge is -2.20. The van der Waals surface area contributed by atoms with Gasteiger partial charge in [0.1, 0.15) is 5.75 Å². The second-order valence-electron chi connectivity index (χ2n) is 6.44. The molecule has 0 unspecified atom stereocenters. The van der Waals surface area contributed by atoms with E-state index in [1.54, 1.807) is 13.2 Å². The molecular formula is C21H26O2. The maximum absolute atomic E-state index is 9.01. The summed E-state index contributed by atoms with van der Waals surface area (Å²) >= 11 is 0. The molecule has 0 heterocycles. The highest BCUT2D eigenvalue weighted by molar-refractivity contribution is 5.75. The first kappa shape index (κ1) is 17.1. The Labute approximate surface area is 139 Å². The van der Waals surface area contributed by atoms with E-state index in [1.807, 2.05) is 12.1 Å². The number of aliphatic hydroxyl groups excluding tert-OH is 1. The highest BCUT2D eigenvalue weighted by Gasteiger charge is 2.17. The zero-order chi connectivity index (χ0) is 17.0.